The molecule has 0 fully saturated rings. The van der Waals surface area contributed by atoms with Gasteiger partial charge in [-0.2, -0.15) is 0 Å². The molecular weight excluding hydrogens is 421 g/mol. The first-order chi connectivity index (χ1) is 12.5. The molecule has 3 rings (SSSR count). The van der Waals surface area contributed by atoms with E-state index in [9.17, 15) is 9.18 Å². The average molecular weight is 436 g/mol. The Balaban J connectivity index is 1.53. The molecule has 0 aliphatic rings. The first-order valence-electron chi connectivity index (χ1n) is 7.78. The molecule has 1 N–H and O–H groups in total. The number of aromatic nitrogens is 2. The zero-order chi connectivity index (χ0) is 18.5. The fourth-order valence-electron chi connectivity index (χ4n) is 2.22. The monoisotopic (exact) mass is 435 g/mol. The highest BCUT2D eigenvalue weighted by Gasteiger charge is 2.13. The van der Waals surface area contributed by atoms with Gasteiger partial charge in [-0.05, 0) is 48.9 Å². The van der Waals surface area contributed by atoms with Gasteiger partial charge in [0.05, 0.1) is 11.8 Å². The maximum Gasteiger partial charge on any atom is 0.277 e. The SMILES string of the molecule is CC(NC(=O)CSc1nnc(-c2ccc(F)cc2)o1)c1ccc(Br)cc1. The number of hydrogen-bond donors (Lipinski definition) is 1. The second-order valence-electron chi connectivity index (χ2n) is 5.51. The normalized spacial score (nSPS) is 12.0. The second-order valence-corrected chi connectivity index (χ2v) is 7.35. The Morgan fingerprint density at radius 2 is 1.88 bits per heavy atom. The lowest BCUT2D eigenvalue weighted by Crippen LogP contribution is -2.28. The van der Waals surface area contributed by atoms with Crippen LogP contribution in [0.15, 0.2) is 62.6 Å². The Morgan fingerprint density at radius 3 is 2.58 bits per heavy atom. The lowest BCUT2D eigenvalue weighted by Gasteiger charge is -2.13. The van der Waals surface area contributed by atoms with Crippen LogP contribution in [0, 0.1) is 5.82 Å². The topological polar surface area (TPSA) is 68.0 Å². The summed E-state index contributed by atoms with van der Waals surface area (Å²) in [5, 5.41) is 11.0. The Labute approximate surface area is 162 Å². The van der Waals surface area contributed by atoms with Crippen molar-refractivity contribution < 1.29 is 13.6 Å². The van der Waals surface area contributed by atoms with Gasteiger partial charge in [-0.3, -0.25) is 4.79 Å². The zero-order valence-electron chi connectivity index (χ0n) is 13.8. The zero-order valence-corrected chi connectivity index (χ0v) is 16.2. The molecule has 0 saturated carbocycles. The molecule has 1 atom stereocenters. The van der Waals surface area contributed by atoms with E-state index in [1.54, 1.807) is 12.1 Å². The smallest absolute Gasteiger partial charge is 0.277 e. The lowest BCUT2D eigenvalue weighted by atomic mass is 10.1. The number of benzene rings is 2. The van der Waals surface area contributed by atoms with Gasteiger partial charge in [0.25, 0.3) is 5.22 Å². The fraction of sp³-hybridized carbons (Fsp3) is 0.167. The molecule has 0 bridgehead atoms. The van der Waals surface area contributed by atoms with Crippen molar-refractivity contribution in [1.29, 1.82) is 0 Å². The molecule has 1 aromatic heterocycles. The lowest BCUT2D eigenvalue weighted by molar-refractivity contribution is -0.119. The van der Waals surface area contributed by atoms with Crippen LogP contribution in [0.25, 0.3) is 11.5 Å². The van der Waals surface area contributed by atoms with E-state index in [0.29, 0.717) is 5.56 Å². The van der Waals surface area contributed by atoms with E-state index >= 15 is 0 Å². The van der Waals surface area contributed by atoms with Crippen molar-refractivity contribution in [3.05, 3.63) is 64.4 Å². The first kappa shape index (κ1) is 18.6. The molecule has 8 heteroatoms. The van der Waals surface area contributed by atoms with Crippen molar-refractivity contribution in [3.8, 4) is 11.5 Å². The largest absolute Gasteiger partial charge is 0.411 e. The van der Waals surface area contributed by atoms with Gasteiger partial charge >= 0.3 is 0 Å². The van der Waals surface area contributed by atoms with Gasteiger partial charge in [0, 0.05) is 10.0 Å². The summed E-state index contributed by atoms with van der Waals surface area (Å²) in [7, 11) is 0. The summed E-state index contributed by atoms with van der Waals surface area (Å²) >= 11 is 4.54. The number of nitrogens with zero attached hydrogens (tertiary/aromatic N) is 2. The summed E-state index contributed by atoms with van der Waals surface area (Å²) in [6.07, 6.45) is 0. The third kappa shape index (κ3) is 4.92. The molecule has 0 aliphatic heterocycles. The van der Waals surface area contributed by atoms with E-state index in [1.807, 2.05) is 31.2 Å². The molecule has 1 heterocycles. The number of amides is 1. The number of hydrogen-bond acceptors (Lipinski definition) is 5. The van der Waals surface area contributed by atoms with Gasteiger partial charge in [-0.25, -0.2) is 4.39 Å². The molecule has 1 unspecified atom stereocenters. The molecule has 0 saturated heterocycles. The molecular formula is C18H15BrFN3O2S. The summed E-state index contributed by atoms with van der Waals surface area (Å²) in [5.41, 5.74) is 1.64. The van der Waals surface area contributed by atoms with Crippen LogP contribution in [0.4, 0.5) is 4.39 Å². The Morgan fingerprint density at radius 1 is 1.19 bits per heavy atom. The van der Waals surface area contributed by atoms with Crippen LogP contribution < -0.4 is 5.32 Å². The fourth-order valence-corrected chi connectivity index (χ4v) is 3.06. The van der Waals surface area contributed by atoms with Crippen LogP contribution in [0.3, 0.4) is 0 Å². The molecule has 1 amide bonds. The number of rotatable bonds is 6. The summed E-state index contributed by atoms with van der Waals surface area (Å²) in [5.74, 6) is -0.0196. The first-order valence-corrected chi connectivity index (χ1v) is 9.56. The minimum atomic E-state index is -0.334. The van der Waals surface area contributed by atoms with Crippen LogP contribution in [0.2, 0.25) is 0 Å². The number of carbonyl (C=O) groups excluding carboxylic acids is 1. The van der Waals surface area contributed by atoms with Crippen LogP contribution >= 0.6 is 27.7 Å². The van der Waals surface area contributed by atoms with Crippen molar-refractivity contribution in [2.24, 2.45) is 0 Å². The maximum absolute atomic E-state index is 12.9. The van der Waals surface area contributed by atoms with E-state index in [4.69, 9.17) is 4.42 Å². The summed E-state index contributed by atoms with van der Waals surface area (Å²) < 4.78 is 19.4. The van der Waals surface area contributed by atoms with Gasteiger partial charge in [-0.1, -0.05) is 39.8 Å². The summed E-state index contributed by atoms with van der Waals surface area (Å²) in [6.45, 7) is 1.92. The summed E-state index contributed by atoms with van der Waals surface area (Å²) in [4.78, 5) is 12.1. The third-order valence-corrected chi connectivity index (χ3v) is 4.92. The number of halogens is 2. The van der Waals surface area contributed by atoms with Crippen LogP contribution in [0.5, 0.6) is 0 Å². The molecule has 26 heavy (non-hydrogen) atoms. The highest BCUT2D eigenvalue weighted by Crippen LogP contribution is 2.23. The third-order valence-electron chi connectivity index (χ3n) is 3.57. The minimum Gasteiger partial charge on any atom is -0.411 e. The highest BCUT2D eigenvalue weighted by molar-refractivity contribution is 9.10. The van der Waals surface area contributed by atoms with Crippen LogP contribution in [-0.4, -0.2) is 21.9 Å². The van der Waals surface area contributed by atoms with Gasteiger partial charge in [0.1, 0.15) is 5.82 Å². The van der Waals surface area contributed by atoms with Crippen molar-refractivity contribution in [3.63, 3.8) is 0 Å². The Hall–Kier alpha value is -2.19. The standard InChI is InChI=1S/C18H15BrFN3O2S/c1-11(12-2-6-14(19)7-3-12)21-16(24)10-26-18-23-22-17(25-18)13-4-8-15(20)9-5-13/h2-9,11H,10H2,1H3,(H,21,24). The summed E-state index contributed by atoms with van der Waals surface area (Å²) in [6, 6.07) is 13.4. The van der Waals surface area contributed by atoms with E-state index in [0.717, 1.165) is 21.8 Å². The quantitative estimate of drug-likeness (QED) is 0.572. The maximum atomic E-state index is 12.9. The Kier molecular flexibility index (Phi) is 6.05. The van der Waals surface area contributed by atoms with Crippen molar-refractivity contribution >= 4 is 33.6 Å². The van der Waals surface area contributed by atoms with Gasteiger partial charge in [0.15, 0.2) is 0 Å². The molecule has 0 radical (unpaired) electrons. The molecule has 5 nitrogen and oxygen atoms in total. The van der Waals surface area contributed by atoms with E-state index in [1.165, 1.54) is 12.1 Å². The number of nitrogens with one attached hydrogen (secondary N) is 1. The Bertz CT molecular complexity index is 884. The van der Waals surface area contributed by atoms with Crippen molar-refractivity contribution in [2.45, 2.75) is 18.2 Å². The van der Waals surface area contributed by atoms with Gasteiger partial charge < -0.3 is 9.73 Å². The number of thioether (sulfide) groups is 1. The predicted octanol–water partition coefficient (Wildman–Crippen LogP) is 4.61. The van der Waals surface area contributed by atoms with Gasteiger partial charge in [-0.15, -0.1) is 10.2 Å². The van der Waals surface area contributed by atoms with Crippen molar-refractivity contribution in [1.82, 2.24) is 15.5 Å². The molecule has 2 aromatic carbocycles. The van der Waals surface area contributed by atoms with Gasteiger partial charge in [0.2, 0.25) is 11.8 Å². The molecule has 134 valence electrons. The van der Waals surface area contributed by atoms with E-state index in [-0.39, 0.29) is 34.6 Å². The predicted molar refractivity (Wildman–Crippen MR) is 101 cm³/mol. The molecule has 0 spiro atoms. The average Bonchev–Trinajstić information content (AvgIpc) is 3.10. The number of carbonyl (C=O) groups is 1. The second kappa shape index (κ2) is 8.46. The van der Waals surface area contributed by atoms with Crippen LogP contribution in [0.1, 0.15) is 18.5 Å². The van der Waals surface area contributed by atoms with E-state index in [2.05, 4.69) is 31.4 Å². The van der Waals surface area contributed by atoms with Crippen LogP contribution in [-0.2, 0) is 4.79 Å². The van der Waals surface area contributed by atoms with Crippen molar-refractivity contribution in [2.75, 3.05) is 5.75 Å². The minimum absolute atomic E-state index is 0.103. The highest BCUT2D eigenvalue weighted by atomic mass is 79.9. The molecule has 0 aliphatic carbocycles. The molecule has 3 aromatic rings. The van der Waals surface area contributed by atoms with E-state index < -0.39 is 0 Å².